The van der Waals surface area contributed by atoms with Crippen molar-refractivity contribution in [3.8, 4) is 0 Å². The smallest absolute Gasteiger partial charge is 0.289 e. The topological polar surface area (TPSA) is 82.4 Å². The Labute approximate surface area is 157 Å². The van der Waals surface area contributed by atoms with E-state index in [1.807, 2.05) is 18.2 Å². The number of amides is 2. The van der Waals surface area contributed by atoms with Crippen LogP contribution in [-0.2, 0) is 0 Å². The van der Waals surface area contributed by atoms with Crippen molar-refractivity contribution in [2.45, 2.75) is 19.8 Å². The zero-order valence-corrected chi connectivity index (χ0v) is 15.4. The summed E-state index contributed by atoms with van der Waals surface area (Å²) >= 11 is 0. The number of furan rings is 1. The van der Waals surface area contributed by atoms with Crippen LogP contribution in [0.5, 0.6) is 0 Å². The van der Waals surface area contributed by atoms with E-state index in [0.29, 0.717) is 43.4 Å². The normalized spacial score (nSPS) is 14.9. The van der Waals surface area contributed by atoms with Crippen molar-refractivity contribution in [2.24, 2.45) is 0 Å². The van der Waals surface area contributed by atoms with Crippen molar-refractivity contribution < 1.29 is 14.0 Å². The van der Waals surface area contributed by atoms with E-state index < -0.39 is 0 Å². The number of piperazine rings is 1. The van der Waals surface area contributed by atoms with Gasteiger partial charge in [0.2, 0.25) is 0 Å². The standard InChI is InChI=1S/C20H22N4O3/c1-13(2)18-21-15-6-5-14(12-16(15)22-18)19(25)23-7-9-24(10-8-23)20(26)17-4-3-11-27-17/h3-6,11-13H,7-10H2,1-2H3,(H,21,22). The van der Waals surface area contributed by atoms with Crippen molar-refractivity contribution in [3.05, 3.63) is 53.7 Å². The molecule has 1 aromatic carbocycles. The predicted octanol–water partition coefficient (Wildman–Crippen LogP) is 2.88. The molecule has 2 amide bonds. The number of hydrogen-bond donors (Lipinski definition) is 1. The van der Waals surface area contributed by atoms with Gasteiger partial charge in [-0.2, -0.15) is 0 Å². The Morgan fingerprint density at radius 3 is 2.41 bits per heavy atom. The van der Waals surface area contributed by atoms with E-state index in [0.717, 1.165) is 16.9 Å². The minimum Gasteiger partial charge on any atom is -0.459 e. The molecule has 1 fully saturated rings. The first-order valence-corrected chi connectivity index (χ1v) is 9.14. The number of carbonyl (C=O) groups is 2. The number of nitrogens with zero attached hydrogens (tertiary/aromatic N) is 3. The third kappa shape index (κ3) is 3.32. The number of hydrogen-bond acceptors (Lipinski definition) is 4. The highest BCUT2D eigenvalue weighted by molar-refractivity contribution is 5.97. The molecule has 1 aliphatic rings. The molecule has 7 nitrogen and oxygen atoms in total. The Hall–Kier alpha value is -3.09. The van der Waals surface area contributed by atoms with Gasteiger partial charge in [-0.15, -0.1) is 0 Å². The number of aromatic nitrogens is 2. The Morgan fingerprint density at radius 1 is 1.07 bits per heavy atom. The summed E-state index contributed by atoms with van der Waals surface area (Å²) < 4.78 is 5.17. The minimum absolute atomic E-state index is 0.0253. The van der Waals surface area contributed by atoms with Crippen LogP contribution >= 0.6 is 0 Å². The molecule has 27 heavy (non-hydrogen) atoms. The Morgan fingerprint density at radius 2 is 1.78 bits per heavy atom. The van der Waals surface area contributed by atoms with E-state index in [2.05, 4.69) is 23.8 Å². The Bertz CT molecular complexity index is 966. The monoisotopic (exact) mass is 366 g/mol. The molecule has 0 spiro atoms. The number of benzene rings is 1. The first kappa shape index (κ1) is 17.3. The second-order valence-electron chi connectivity index (χ2n) is 7.07. The van der Waals surface area contributed by atoms with Gasteiger partial charge in [0.1, 0.15) is 5.82 Å². The molecule has 0 bridgehead atoms. The van der Waals surface area contributed by atoms with Gasteiger partial charge in [0.25, 0.3) is 11.8 Å². The van der Waals surface area contributed by atoms with Gasteiger partial charge in [-0.3, -0.25) is 9.59 Å². The molecule has 0 unspecified atom stereocenters. The average molecular weight is 366 g/mol. The SMILES string of the molecule is CC(C)c1nc2ccc(C(=O)N3CCN(C(=O)c4ccco4)CC3)cc2[nH]1. The molecule has 0 aliphatic carbocycles. The number of fused-ring (bicyclic) bond motifs is 1. The van der Waals surface area contributed by atoms with Gasteiger partial charge >= 0.3 is 0 Å². The van der Waals surface area contributed by atoms with Crippen LogP contribution in [0.4, 0.5) is 0 Å². The van der Waals surface area contributed by atoms with E-state index in [1.165, 1.54) is 6.26 Å². The third-order valence-corrected chi connectivity index (χ3v) is 4.88. The first-order valence-electron chi connectivity index (χ1n) is 9.14. The van der Waals surface area contributed by atoms with Gasteiger partial charge in [-0.05, 0) is 30.3 Å². The lowest BCUT2D eigenvalue weighted by Crippen LogP contribution is -2.50. The van der Waals surface area contributed by atoms with E-state index in [9.17, 15) is 9.59 Å². The maximum atomic E-state index is 12.9. The van der Waals surface area contributed by atoms with Crippen molar-refractivity contribution in [3.63, 3.8) is 0 Å². The quantitative estimate of drug-likeness (QED) is 0.773. The molecular weight excluding hydrogens is 344 g/mol. The van der Waals surface area contributed by atoms with Gasteiger partial charge < -0.3 is 19.2 Å². The molecule has 0 atom stereocenters. The number of H-pyrrole nitrogens is 1. The lowest BCUT2D eigenvalue weighted by Gasteiger charge is -2.34. The second-order valence-corrected chi connectivity index (χ2v) is 7.07. The average Bonchev–Trinajstić information content (AvgIpc) is 3.36. The molecule has 0 radical (unpaired) electrons. The van der Waals surface area contributed by atoms with Crippen molar-refractivity contribution in [1.82, 2.24) is 19.8 Å². The van der Waals surface area contributed by atoms with Crippen molar-refractivity contribution in [1.29, 1.82) is 0 Å². The first-order chi connectivity index (χ1) is 13.0. The minimum atomic E-state index is -0.132. The molecule has 2 aromatic heterocycles. The van der Waals surface area contributed by atoms with Crippen LogP contribution in [0.15, 0.2) is 41.0 Å². The molecule has 4 rings (SSSR count). The predicted molar refractivity (Wildman–Crippen MR) is 101 cm³/mol. The Balaban J connectivity index is 1.44. The van der Waals surface area contributed by atoms with Crippen molar-refractivity contribution in [2.75, 3.05) is 26.2 Å². The van der Waals surface area contributed by atoms with Gasteiger partial charge in [0, 0.05) is 37.7 Å². The highest BCUT2D eigenvalue weighted by atomic mass is 16.3. The van der Waals surface area contributed by atoms with Gasteiger partial charge in [-0.1, -0.05) is 13.8 Å². The van der Waals surface area contributed by atoms with Crippen LogP contribution in [0.25, 0.3) is 11.0 Å². The van der Waals surface area contributed by atoms with Gasteiger partial charge in [-0.25, -0.2) is 4.98 Å². The highest BCUT2D eigenvalue weighted by Gasteiger charge is 2.26. The van der Waals surface area contributed by atoms with Crippen LogP contribution in [-0.4, -0.2) is 57.8 Å². The van der Waals surface area contributed by atoms with Gasteiger partial charge in [0.05, 0.1) is 17.3 Å². The molecule has 1 N–H and O–H groups in total. The number of carbonyl (C=O) groups excluding carboxylic acids is 2. The number of aromatic amines is 1. The fourth-order valence-corrected chi connectivity index (χ4v) is 3.29. The maximum Gasteiger partial charge on any atom is 0.289 e. The molecule has 1 saturated heterocycles. The second kappa shape index (κ2) is 6.90. The Kier molecular flexibility index (Phi) is 4.43. The summed E-state index contributed by atoms with van der Waals surface area (Å²) in [6.45, 7) is 6.15. The summed E-state index contributed by atoms with van der Waals surface area (Å²) in [5, 5.41) is 0. The van der Waals surface area contributed by atoms with Gasteiger partial charge in [0.15, 0.2) is 5.76 Å². The molecule has 0 saturated carbocycles. The van der Waals surface area contributed by atoms with Crippen LogP contribution in [0.3, 0.4) is 0 Å². The summed E-state index contributed by atoms with van der Waals surface area (Å²) in [7, 11) is 0. The summed E-state index contributed by atoms with van der Waals surface area (Å²) in [5.41, 5.74) is 2.37. The lowest BCUT2D eigenvalue weighted by molar-refractivity contribution is 0.0518. The molecule has 1 aliphatic heterocycles. The number of rotatable bonds is 3. The molecule has 140 valence electrons. The van der Waals surface area contributed by atoms with E-state index >= 15 is 0 Å². The van der Waals surface area contributed by atoms with Crippen LogP contribution in [0, 0.1) is 0 Å². The number of imidazole rings is 1. The maximum absolute atomic E-state index is 12.9. The fourth-order valence-electron chi connectivity index (χ4n) is 3.29. The van der Waals surface area contributed by atoms with E-state index in [1.54, 1.807) is 21.9 Å². The number of nitrogens with one attached hydrogen (secondary N) is 1. The zero-order valence-electron chi connectivity index (χ0n) is 15.4. The zero-order chi connectivity index (χ0) is 19.0. The summed E-state index contributed by atoms with van der Waals surface area (Å²) in [6.07, 6.45) is 1.49. The van der Waals surface area contributed by atoms with E-state index in [4.69, 9.17) is 4.42 Å². The molecule has 3 heterocycles. The molecular formula is C20H22N4O3. The van der Waals surface area contributed by atoms with Crippen molar-refractivity contribution >= 4 is 22.8 Å². The summed E-state index contributed by atoms with van der Waals surface area (Å²) in [5.74, 6) is 1.39. The third-order valence-electron chi connectivity index (χ3n) is 4.88. The highest BCUT2D eigenvalue weighted by Crippen LogP contribution is 2.20. The van der Waals surface area contributed by atoms with Crippen LogP contribution in [0.2, 0.25) is 0 Å². The molecule has 3 aromatic rings. The van der Waals surface area contributed by atoms with Crippen LogP contribution in [0.1, 0.15) is 46.5 Å². The summed E-state index contributed by atoms with van der Waals surface area (Å²) in [6, 6.07) is 8.91. The summed E-state index contributed by atoms with van der Waals surface area (Å²) in [4.78, 5) is 36.5. The fraction of sp³-hybridized carbons (Fsp3) is 0.350. The van der Waals surface area contributed by atoms with E-state index in [-0.39, 0.29) is 11.8 Å². The lowest BCUT2D eigenvalue weighted by atomic mass is 10.1. The molecule has 7 heteroatoms. The van der Waals surface area contributed by atoms with Crippen LogP contribution < -0.4 is 0 Å². The largest absolute Gasteiger partial charge is 0.459 e.